The van der Waals surface area contributed by atoms with Crippen molar-refractivity contribution in [2.75, 3.05) is 13.2 Å². The Balaban J connectivity index is 0. The maximum Gasteiger partial charge on any atom is 0.330 e. The maximum absolute atomic E-state index is 10.1. The molecule has 4 nitrogen and oxygen atoms in total. The van der Waals surface area contributed by atoms with E-state index in [0.29, 0.717) is 0 Å². The van der Waals surface area contributed by atoms with Crippen molar-refractivity contribution in [1.29, 1.82) is 0 Å². The van der Waals surface area contributed by atoms with Gasteiger partial charge in [-0.3, -0.25) is 0 Å². The van der Waals surface area contributed by atoms with Gasteiger partial charge in [-0.1, -0.05) is 6.58 Å². The van der Waals surface area contributed by atoms with Gasteiger partial charge in [0.2, 0.25) is 0 Å². The molecule has 0 aliphatic rings. The Labute approximate surface area is 53.7 Å². The lowest BCUT2D eigenvalue weighted by Crippen LogP contribution is -2.04. The quantitative estimate of drug-likeness (QED) is 0.402. The summed E-state index contributed by atoms with van der Waals surface area (Å²) >= 11 is 0. The molecule has 0 aromatic carbocycles. The van der Waals surface area contributed by atoms with Crippen molar-refractivity contribution in [2.24, 2.45) is 0 Å². The summed E-state index contributed by atoms with van der Waals surface area (Å²) in [5, 5.41) is 8.10. The van der Waals surface area contributed by atoms with Crippen molar-refractivity contribution < 1.29 is 14.6 Å². The number of nitrogens with zero attached hydrogens (tertiary/aromatic N) is 1. The van der Waals surface area contributed by atoms with Gasteiger partial charge in [-0.25, -0.2) is 4.79 Å². The largest absolute Gasteiger partial charge is 0.460 e. The van der Waals surface area contributed by atoms with Crippen molar-refractivity contribution in [3.8, 4) is 0 Å². The smallest absolute Gasteiger partial charge is 0.330 e. The zero-order chi connectivity index (χ0) is 6.41. The van der Waals surface area contributed by atoms with E-state index < -0.39 is 5.97 Å². The molecule has 0 rings (SSSR count). The first kappa shape index (κ1) is 11.0. The Morgan fingerprint density at radius 2 is 2.33 bits per heavy atom. The highest BCUT2D eigenvalue weighted by Gasteiger charge is 1.90. The first-order valence-corrected chi connectivity index (χ1v) is 2.21. The molecule has 0 saturated heterocycles. The number of aliphatic hydroxyl groups is 1. The number of hydrogen-bond donors (Lipinski definition) is 1. The molecule has 0 aromatic heterocycles. The predicted octanol–water partition coefficient (Wildman–Crippen LogP) is -0.773. The van der Waals surface area contributed by atoms with Gasteiger partial charge in [-0.15, -0.1) is 0 Å². The number of carbonyl (C=O) groups excluding carboxylic acids is 1. The third-order valence-electron chi connectivity index (χ3n) is 0.502. The molecule has 0 aliphatic carbocycles. The molecule has 0 fully saturated rings. The predicted molar refractivity (Wildman–Crippen MR) is 30.4 cm³/mol. The van der Waals surface area contributed by atoms with Crippen LogP contribution in [0.4, 0.5) is 0 Å². The number of carbonyl (C=O) groups is 1. The molecule has 0 heterocycles. The molecule has 4 heteroatoms. The summed E-state index contributed by atoms with van der Waals surface area (Å²) in [6.45, 7) is 3.06. The highest BCUT2D eigenvalue weighted by molar-refractivity contribution is 5.81. The lowest BCUT2D eigenvalue weighted by molar-refractivity contribution is -0.138. The van der Waals surface area contributed by atoms with Gasteiger partial charge in [0.1, 0.15) is 6.61 Å². The van der Waals surface area contributed by atoms with E-state index in [4.69, 9.17) is 5.11 Å². The topological polar surface area (TPSA) is 77.0 Å². The molecule has 0 amide bonds. The van der Waals surface area contributed by atoms with Gasteiger partial charge in [0.15, 0.2) is 0 Å². The standard InChI is InChI=1S/C5H8O3.N/c1-2-5(7)8-4-3-6;/h2,6H,1,3-4H2;. The van der Waals surface area contributed by atoms with Crippen LogP contribution in [0, 0.1) is 0 Å². The molecular formula is C5H8NO3. The van der Waals surface area contributed by atoms with Crippen LogP contribution in [0.15, 0.2) is 12.7 Å². The summed E-state index contributed by atoms with van der Waals surface area (Å²) in [7, 11) is 0. The molecule has 9 heavy (non-hydrogen) atoms. The third kappa shape index (κ3) is 7.13. The van der Waals surface area contributed by atoms with E-state index in [9.17, 15) is 4.79 Å². The molecule has 51 valence electrons. The fourth-order valence-corrected chi connectivity index (χ4v) is 0.205. The van der Waals surface area contributed by atoms with Crippen LogP contribution in [0.2, 0.25) is 0 Å². The molecule has 3 radical (unpaired) electrons. The summed E-state index contributed by atoms with van der Waals surface area (Å²) in [4.78, 5) is 10.1. The zero-order valence-corrected chi connectivity index (χ0v) is 4.91. The van der Waals surface area contributed by atoms with Crippen molar-refractivity contribution >= 4 is 5.97 Å². The normalized spacial score (nSPS) is 7.22. The SMILES string of the molecule is C=CC(=O)OCCO.[N]. The van der Waals surface area contributed by atoms with Gasteiger partial charge in [0.05, 0.1) is 6.61 Å². The fraction of sp³-hybridized carbons (Fsp3) is 0.400. The fourth-order valence-electron chi connectivity index (χ4n) is 0.205. The Morgan fingerprint density at radius 1 is 1.78 bits per heavy atom. The molecule has 1 N–H and O–H groups in total. The van der Waals surface area contributed by atoms with Crippen LogP contribution in [0.25, 0.3) is 0 Å². The van der Waals surface area contributed by atoms with E-state index in [0.717, 1.165) is 6.08 Å². The van der Waals surface area contributed by atoms with Gasteiger partial charge < -0.3 is 9.84 Å². The van der Waals surface area contributed by atoms with E-state index in [2.05, 4.69) is 11.3 Å². The number of hydrogen-bond acceptors (Lipinski definition) is 3. The van der Waals surface area contributed by atoms with Crippen molar-refractivity contribution in [1.82, 2.24) is 6.15 Å². The van der Waals surface area contributed by atoms with Crippen LogP contribution in [-0.2, 0) is 9.53 Å². The Kier molecular flexibility index (Phi) is 8.71. The Hall–Kier alpha value is -0.870. The van der Waals surface area contributed by atoms with Gasteiger partial charge in [-0.2, -0.15) is 0 Å². The van der Waals surface area contributed by atoms with Crippen molar-refractivity contribution in [3.05, 3.63) is 12.7 Å². The lowest BCUT2D eigenvalue weighted by Gasteiger charge is -1.94. The van der Waals surface area contributed by atoms with Crippen LogP contribution in [0.3, 0.4) is 0 Å². The van der Waals surface area contributed by atoms with Crippen LogP contribution in [-0.4, -0.2) is 24.3 Å². The maximum atomic E-state index is 10.1. The summed E-state index contributed by atoms with van der Waals surface area (Å²) in [6.07, 6.45) is 1.05. The highest BCUT2D eigenvalue weighted by atomic mass is 16.5. The molecule has 0 bridgehead atoms. The second-order valence-electron chi connectivity index (χ2n) is 1.10. The molecule has 0 aliphatic heterocycles. The van der Waals surface area contributed by atoms with Gasteiger partial charge >= 0.3 is 5.97 Å². The Bertz CT molecular complexity index is 92.2. The van der Waals surface area contributed by atoms with E-state index in [1.165, 1.54) is 0 Å². The third-order valence-corrected chi connectivity index (χ3v) is 0.502. The summed E-state index contributed by atoms with van der Waals surface area (Å²) in [5.74, 6) is -0.501. The lowest BCUT2D eigenvalue weighted by atomic mass is 10.6. The molecule has 0 spiro atoms. The minimum atomic E-state index is -0.501. The highest BCUT2D eigenvalue weighted by Crippen LogP contribution is 1.75. The minimum absolute atomic E-state index is 0. The van der Waals surface area contributed by atoms with E-state index in [-0.39, 0.29) is 19.4 Å². The molecule has 0 atom stereocenters. The van der Waals surface area contributed by atoms with Gasteiger partial charge in [-0.05, 0) is 0 Å². The van der Waals surface area contributed by atoms with Crippen LogP contribution < -0.4 is 6.15 Å². The van der Waals surface area contributed by atoms with Crippen LogP contribution in [0.5, 0.6) is 0 Å². The van der Waals surface area contributed by atoms with Crippen molar-refractivity contribution in [3.63, 3.8) is 0 Å². The second-order valence-corrected chi connectivity index (χ2v) is 1.10. The average molecular weight is 130 g/mol. The summed E-state index contributed by atoms with van der Waals surface area (Å²) in [6, 6.07) is 0. The van der Waals surface area contributed by atoms with Crippen LogP contribution in [0.1, 0.15) is 0 Å². The first-order valence-electron chi connectivity index (χ1n) is 2.21. The summed E-state index contributed by atoms with van der Waals surface area (Å²) in [5.41, 5.74) is 0. The average Bonchev–Trinajstić information content (AvgIpc) is 1.83. The Morgan fingerprint density at radius 3 is 2.67 bits per heavy atom. The molecule has 0 unspecified atom stereocenters. The van der Waals surface area contributed by atoms with E-state index >= 15 is 0 Å². The van der Waals surface area contributed by atoms with Gasteiger partial charge in [0.25, 0.3) is 0 Å². The molecule has 0 saturated carbocycles. The number of ether oxygens (including phenoxy) is 1. The number of esters is 1. The first-order chi connectivity index (χ1) is 3.81. The van der Waals surface area contributed by atoms with Crippen molar-refractivity contribution in [2.45, 2.75) is 0 Å². The van der Waals surface area contributed by atoms with Gasteiger partial charge in [0, 0.05) is 12.2 Å². The monoisotopic (exact) mass is 130 g/mol. The number of rotatable bonds is 3. The van der Waals surface area contributed by atoms with E-state index in [1.807, 2.05) is 0 Å². The zero-order valence-electron chi connectivity index (χ0n) is 4.91. The molecule has 0 aromatic rings. The molecular weight excluding hydrogens is 122 g/mol. The minimum Gasteiger partial charge on any atom is -0.460 e. The van der Waals surface area contributed by atoms with E-state index in [1.54, 1.807) is 0 Å². The number of aliphatic hydroxyl groups excluding tert-OH is 1. The van der Waals surface area contributed by atoms with Crippen LogP contribution >= 0.6 is 0 Å². The summed E-state index contributed by atoms with van der Waals surface area (Å²) < 4.78 is 4.33. The second kappa shape index (κ2) is 7.13.